The van der Waals surface area contributed by atoms with Gasteiger partial charge in [-0.1, -0.05) is 31.2 Å². The fourth-order valence-corrected chi connectivity index (χ4v) is 1.80. The average molecular weight is 229 g/mol. The molecule has 1 aromatic heterocycles. The summed E-state index contributed by atoms with van der Waals surface area (Å²) in [5, 5.41) is 3.45. The minimum atomic E-state index is 0.246. The Morgan fingerprint density at radius 2 is 1.82 bits per heavy atom. The molecule has 0 aliphatic rings. The van der Waals surface area contributed by atoms with Crippen LogP contribution in [-0.2, 0) is 13.0 Å². The summed E-state index contributed by atoms with van der Waals surface area (Å²) in [6.45, 7) is 5.15. The number of aryl methyl sites for hydroxylation is 1. The van der Waals surface area contributed by atoms with Crippen LogP contribution in [0.2, 0.25) is 0 Å². The maximum atomic E-state index is 5.36. The van der Waals surface area contributed by atoms with Gasteiger partial charge in [0.2, 0.25) is 0 Å². The number of furan rings is 1. The molecule has 0 aliphatic carbocycles. The fraction of sp³-hybridized carbons (Fsp3) is 0.333. The summed E-state index contributed by atoms with van der Waals surface area (Å²) in [5.41, 5.74) is 2.69. The Balaban J connectivity index is 1.89. The molecule has 1 N–H and O–H groups in total. The van der Waals surface area contributed by atoms with Crippen LogP contribution in [0.4, 0.5) is 0 Å². The van der Waals surface area contributed by atoms with Gasteiger partial charge in [0.05, 0.1) is 12.3 Å². The van der Waals surface area contributed by atoms with E-state index < -0.39 is 0 Å². The van der Waals surface area contributed by atoms with Gasteiger partial charge in [-0.05, 0) is 36.6 Å². The van der Waals surface area contributed by atoms with Gasteiger partial charge in [-0.25, -0.2) is 0 Å². The predicted octanol–water partition coefficient (Wildman–Crippen LogP) is 3.69. The number of benzene rings is 1. The van der Waals surface area contributed by atoms with Crippen LogP contribution in [0.1, 0.15) is 36.8 Å². The lowest BCUT2D eigenvalue weighted by Gasteiger charge is -2.11. The summed E-state index contributed by atoms with van der Waals surface area (Å²) in [6, 6.07) is 12.9. The zero-order chi connectivity index (χ0) is 12.1. The lowest BCUT2D eigenvalue weighted by Crippen LogP contribution is -2.17. The van der Waals surface area contributed by atoms with Crippen LogP contribution in [0.25, 0.3) is 0 Å². The largest absolute Gasteiger partial charge is 0.468 e. The molecule has 2 aromatic rings. The van der Waals surface area contributed by atoms with E-state index in [1.54, 1.807) is 6.26 Å². The van der Waals surface area contributed by atoms with Gasteiger partial charge in [-0.15, -0.1) is 0 Å². The van der Waals surface area contributed by atoms with Crippen molar-refractivity contribution in [3.8, 4) is 0 Å². The third-order valence-corrected chi connectivity index (χ3v) is 3.01. The highest BCUT2D eigenvalue weighted by atomic mass is 16.3. The van der Waals surface area contributed by atoms with Crippen LogP contribution in [0.15, 0.2) is 47.1 Å². The Hall–Kier alpha value is -1.54. The minimum absolute atomic E-state index is 0.246. The summed E-state index contributed by atoms with van der Waals surface area (Å²) >= 11 is 0. The molecular formula is C15H19NO. The molecular weight excluding hydrogens is 210 g/mol. The van der Waals surface area contributed by atoms with Gasteiger partial charge in [0.25, 0.3) is 0 Å². The van der Waals surface area contributed by atoms with Crippen molar-refractivity contribution >= 4 is 0 Å². The monoisotopic (exact) mass is 229 g/mol. The van der Waals surface area contributed by atoms with Crippen LogP contribution < -0.4 is 5.32 Å². The lowest BCUT2D eigenvalue weighted by molar-refractivity contribution is 0.430. The Labute approximate surface area is 103 Å². The van der Waals surface area contributed by atoms with Gasteiger partial charge >= 0.3 is 0 Å². The zero-order valence-corrected chi connectivity index (χ0v) is 10.4. The first-order valence-corrected chi connectivity index (χ1v) is 6.14. The SMILES string of the molecule is CCc1ccc(CNC(C)c2ccco2)cc1. The Morgan fingerprint density at radius 1 is 1.12 bits per heavy atom. The van der Waals surface area contributed by atoms with Crippen molar-refractivity contribution < 1.29 is 4.42 Å². The van der Waals surface area contributed by atoms with Crippen LogP contribution in [0, 0.1) is 0 Å². The van der Waals surface area contributed by atoms with Crippen molar-refractivity contribution in [3.05, 3.63) is 59.5 Å². The van der Waals surface area contributed by atoms with Crippen molar-refractivity contribution in [2.45, 2.75) is 32.9 Å². The molecule has 0 saturated carbocycles. The van der Waals surface area contributed by atoms with Crippen molar-refractivity contribution in [1.29, 1.82) is 0 Å². The van der Waals surface area contributed by atoms with Crippen LogP contribution in [-0.4, -0.2) is 0 Å². The van der Waals surface area contributed by atoms with Crippen molar-refractivity contribution in [3.63, 3.8) is 0 Å². The van der Waals surface area contributed by atoms with Gasteiger partial charge in [0.15, 0.2) is 0 Å². The van der Waals surface area contributed by atoms with E-state index in [0.717, 1.165) is 18.7 Å². The predicted molar refractivity (Wildman–Crippen MR) is 69.8 cm³/mol. The highest BCUT2D eigenvalue weighted by Crippen LogP contribution is 2.13. The normalized spacial score (nSPS) is 12.6. The third kappa shape index (κ3) is 3.21. The van der Waals surface area contributed by atoms with Gasteiger partial charge < -0.3 is 9.73 Å². The second-order valence-electron chi connectivity index (χ2n) is 4.29. The first kappa shape index (κ1) is 11.9. The van der Waals surface area contributed by atoms with E-state index in [1.165, 1.54) is 11.1 Å². The molecule has 2 nitrogen and oxygen atoms in total. The van der Waals surface area contributed by atoms with E-state index in [2.05, 4.69) is 43.4 Å². The van der Waals surface area contributed by atoms with E-state index in [-0.39, 0.29) is 6.04 Å². The van der Waals surface area contributed by atoms with E-state index in [9.17, 15) is 0 Å². The van der Waals surface area contributed by atoms with Crippen molar-refractivity contribution in [2.24, 2.45) is 0 Å². The fourth-order valence-electron chi connectivity index (χ4n) is 1.80. The molecule has 2 rings (SSSR count). The standard InChI is InChI=1S/C15H19NO/c1-3-13-6-8-14(9-7-13)11-16-12(2)15-5-4-10-17-15/h4-10,12,16H,3,11H2,1-2H3. The molecule has 0 saturated heterocycles. The van der Waals surface area contributed by atoms with E-state index in [0.29, 0.717) is 0 Å². The van der Waals surface area contributed by atoms with Crippen LogP contribution in [0.5, 0.6) is 0 Å². The van der Waals surface area contributed by atoms with E-state index in [1.807, 2.05) is 12.1 Å². The summed E-state index contributed by atoms with van der Waals surface area (Å²) in [5.74, 6) is 0.982. The maximum Gasteiger partial charge on any atom is 0.120 e. The van der Waals surface area contributed by atoms with Crippen molar-refractivity contribution in [2.75, 3.05) is 0 Å². The van der Waals surface area contributed by atoms with Crippen LogP contribution >= 0.6 is 0 Å². The number of hydrogen-bond acceptors (Lipinski definition) is 2. The highest BCUT2D eigenvalue weighted by Gasteiger charge is 2.06. The molecule has 0 bridgehead atoms. The molecule has 2 heteroatoms. The summed E-state index contributed by atoms with van der Waals surface area (Å²) in [6.07, 6.45) is 2.81. The molecule has 0 aliphatic heterocycles. The van der Waals surface area contributed by atoms with Gasteiger partial charge in [-0.3, -0.25) is 0 Å². The smallest absolute Gasteiger partial charge is 0.120 e. The molecule has 0 radical (unpaired) electrons. The van der Waals surface area contributed by atoms with Gasteiger partial charge in [-0.2, -0.15) is 0 Å². The Kier molecular flexibility index (Phi) is 3.99. The zero-order valence-electron chi connectivity index (χ0n) is 10.4. The second kappa shape index (κ2) is 5.69. The maximum absolute atomic E-state index is 5.36. The molecule has 1 heterocycles. The molecule has 0 fully saturated rings. The number of nitrogens with one attached hydrogen (secondary N) is 1. The number of hydrogen-bond donors (Lipinski definition) is 1. The Morgan fingerprint density at radius 3 is 2.41 bits per heavy atom. The summed E-state index contributed by atoms with van der Waals surface area (Å²) in [7, 11) is 0. The molecule has 1 atom stereocenters. The lowest BCUT2D eigenvalue weighted by atomic mass is 10.1. The topological polar surface area (TPSA) is 25.2 Å². The molecule has 0 amide bonds. The third-order valence-electron chi connectivity index (χ3n) is 3.01. The summed E-state index contributed by atoms with van der Waals surface area (Å²) < 4.78 is 5.36. The van der Waals surface area contributed by atoms with Crippen molar-refractivity contribution in [1.82, 2.24) is 5.32 Å². The average Bonchev–Trinajstić information content (AvgIpc) is 2.90. The van der Waals surface area contributed by atoms with Gasteiger partial charge in [0.1, 0.15) is 5.76 Å². The molecule has 0 spiro atoms. The minimum Gasteiger partial charge on any atom is -0.468 e. The van der Waals surface area contributed by atoms with Gasteiger partial charge in [0, 0.05) is 6.54 Å². The highest BCUT2D eigenvalue weighted by molar-refractivity contribution is 5.22. The second-order valence-corrected chi connectivity index (χ2v) is 4.29. The quantitative estimate of drug-likeness (QED) is 0.845. The Bertz CT molecular complexity index is 430. The first-order chi connectivity index (χ1) is 8.29. The van der Waals surface area contributed by atoms with E-state index >= 15 is 0 Å². The molecule has 1 aromatic carbocycles. The molecule has 1 unspecified atom stereocenters. The number of rotatable bonds is 5. The van der Waals surface area contributed by atoms with E-state index in [4.69, 9.17) is 4.42 Å². The first-order valence-electron chi connectivity index (χ1n) is 6.14. The molecule has 17 heavy (non-hydrogen) atoms. The van der Waals surface area contributed by atoms with Crippen LogP contribution in [0.3, 0.4) is 0 Å². The summed E-state index contributed by atoms with van der Waals surface area (Å²) in [4.78, 5) is 0. The molecule has 90 valence electrons.